The van der Waals surface area contributed by atoms with Gasteiger partial charge in [0.15, 0.2) is 5.65 Å². The minimum atomic E-state index is -3.92. The summed E-state index contributed by atoms with van der Waals surface area (Å²) in [6, 6.07) is 14.3. The normalized spacial score (nSPS) is 11.5. The van der Waals surface area contributed by atoms with Gasteiger partial charge in [-0.05, 0) is 77.7 Å². The fraction of sp³-hybridized carbons (Fsp3) is 0.167. The number of ether oxygens (including phenoxy) is 1. The van der Waals surface area contributed by atoms with Gasteiger partial charge in [-0.3, -0.25) is 0 Å². The number of hydrogen-bond donors (Lipinski definition) is 0. The molecule has 0 aliphatic carbocycles. The maximum Gasteiger partial charge on any atom is 0.270 e. The first-order chi connectivity index (χ1) is 15.2. The second-order valence-electron chi connectivity index (χ2n) is 7.53. The summed E-state index contributed by atoms with van der Waals surface area (Å²) in [5, 5.41) is 10.5. The lowest BCUT2D eigenvalue weighted by atomic mass is 9.92. The van der Waals surface area contributed by atoms with Crippen LogP contribution in [0, 0.1) is 32.1 Å². The highest BCUT2D eigenvalue weighted by Crippen LogP contribution is 2.38. The summed E-state index contributed by atoms with van der Waals surface area (Å²) in [6.07, 6.45) is 1.56. The van der Waals surface area contributed by atoms with E-state index in [0.717, 1.165) is 26.2 Å². The summed E-state index contributed by atoms with van der Waals surface area (Å²) >= 11 is 3.37. The first-order valence-electron chi connectivity index (χ1n) is 9.77. The van der Waals surface area contributed by atoms with Gasteiger partial charge in [-0.15, -0.1) is 0 Å². The third kappa shape index (κ3) is 3.38. The van der Waals surface area contributed by atoms with Crippen molar-refractivity contribution in [3.05, 3.63) is 75.5 Å². The van der Waals surface area contributed by atoms with Crippen LogP contribution in [0.15, 0.2) is 58.2 Å². The zero-order chi connectivity index (χ0) is 23.2. The Kier molecular flexibility index (Phi) is 5.57. The monoisotopic (exact) mass is 509 g/mol. The number of pyridine rings is 1. The lowest BCUT2D eigenvalue weighted by Crippen LogP contribution is -2.14. The number of aryl methyl sites for hydroxylation is 2. The Morgan fingerprint density at radius 2 is 1.78 bits per heavy atom. The Bertz CT molecular complexity index is 1520. The second-order valence-corrected chi connectivity index (χ2v) is 10.1. The van der Waals surface area contributed by atoms with Crippen molar-refractivity contribution in [1.82, 2.24) is 8.96 Å². The SMILES string of the molecule is COc1ccc(C)c(-c2cnc3c(cc(Br)n3S(=O)(=O)c3ccc(C)cc3)c2C#N)c1C. The fourth-order valence-corrected chi connectivity index (χ4v) is 6.23. The van der Waals surface area contributed by atoms with Gasteiger partial charge in [0, 0.05) is 17.1 Å². The molecular formula is C24H20BrN3O3S. The number of nitriles is 1. The van der Waals surface area contributed by atoms with Crippen molar-refractivity contribution in [2.45, 2.75) is 25.7 Å². The lowest BCUT2D eigenvalue weighted by molar-refractivity contribution is 0.412. The van der Waals surface area contributed by atoms with Gasteiger partial charge in [-0.1, -0.05) is 23.8 Å². The largest absolute Gasteiger partial charge is 0.496 e. The highest BCUT2D eigenvalue weighted by atomic mass is 79.9. The summed E-state index contributed by atoms with van der Waals surface area (Å²) in [4.78, 5) is 4.64. The first kappa shape index (κ1) is 22.1. The number of halogens is 1. The number of methoxy groups -OCH3 is 1. The minimum Gasteiger partial charge on any atom is -0.496 e. The molecule has 0 fully saturated rings. The first-order valence-corrected chi connectivity index (χ1v) is 12.0. The molecule has 0 unspecified atom stereocenters. The Morgan fingerprint density at radius 1 is 1.09 bits per heavy atom. The molecule has 2 heterocycles. The molecule has 0 bridgehead atoms. The molecule has 32 heavy (non-hydrogen) atoms. The molecule has 0 amide bonds. The average molecular weight is 510 g/mol. The number of fused-ring (bicyclic) bond motifs is 1. The molecule has 162 valence electrons. The quantitative estimate of drug-likeness (QED) is 0.362. The van der Waals surface area contributed by atoms with Crippen molar-refractivity contribution in [3.63, 3.8) is 0 Å². The van der Waals surface area contributed by atoms with Gasteiger partial charge in [0.25, 0.3) is 10.0 Å². The maximum absolute atomic E-state index is 13.4. The van der Waals surface area contributed by atoms with Crippen LogP contribution in [0.1, 0.15) is 22.3 Å². The van der Waals surface area contributed by atoms with Crippen molar-refractivity contribution in [2.24, 2.45) is 0 Å². The zero-order valence-corrected chi connectivity index (χ0v) is 20.4. The topological polar surface area (TPSA) is 85.0 Å². The zero-order valence-electron chi connectivity index (χ0n) is 18.0. The third-order valence-corrected chi connectivity index (χ3v) is 8.07. The number of aromatic nitrogens is 2. The number of rotatable bonds is 4. The van der Waals surface area contributed by atoms with Crippen LogP contribution in [0.2, 0.25) is 0 Å². The van der Waals surface area contributed by atoms with Crippen LogP contribution in [-0.4, -0.2) is 24.5 Å². The molecule has 0 saturated heterocycles. The van der Waals surface area contributed by atoms with Crippen molar-refractivity contribution in [3.8, 4) is 22.9 Å². The van der Waals surface area contributed by atoms with E-state index in [4.69, 9.17) is 4.74 Å². The van der Waals surface area contributed by atoms with E-state index in [0.29, 0.717) is 26.9 Å². The molecule has 0 atom stereocenters. The molecule has 0 radical (unpaired) electrons. The predicted octanol–water partition coefficient (Wildman–Crippen LogP) is 5.51. The van der Waals surface area contributed by atoms with Crippen molar-refractivity contribution >= 4 is 37.0 Å². The van der Waals surface area contributed by atoms with E-state index in [2.05, 4.69) is 27.0 Å². The van der Waals surface area contributed by atoms with Crippen LogP contribution >= 0.6 is 15.9 Å². The van der Waals surface area contributed by atoms with E-state index in [9.17, 15) is 13.7 Å². The molecule has 0 N–H and O–H groups in total. The summed E-state index contributed by atoms with van der Waals surface area (Å²) in [6.45, 7) is 5.77. The van der Waals surface area contributed by atoms with E-state index in [1.54, 1.807) is 43.6 Å². The summed E-state index contributed by atoms with van der Waals surface area (Å²) in [5.41, 5.74) is 4.83. The second kappa shape index (κ2) is 8.08. The van der Waals surface area contributed by atoms with Crippen LogP contribution in [0.5, 0.6) is 5.75 Å². The highest BCUT2D eigenvalue weighted by molar-refractivity contribution is 9.10. The molecule has 0 saturated carbocycles. The van der Waals surface area contributed by atoms with Crippen molar-refractivity contribution in [2.75, 3.05) is 7.11 Å². The molecule has 4 aromatic rings. The Morgan fingerprint density at radius 3 is 2.41 bits per heavy atom. The van der Waals surface area contributed by atoms with Crippen LogP contribution in [0.4, 0.5) is 0 Å². The van der Waals surface area contributed by atoms with Crippen LogP contribution < -0.4 is 4.74 Å². The minimum absolute atomic E-state index is 0.144. The standard InChI is InChI=1S/C24H20BrN3O3S/c1-14-5-8-17(9-6-14)32(29,30)28-22(25)11-18-19(12-26)20(13-27-24(18)28)23-15(2)7-10-21(31-4)16(23)3/h5-11,13H,1-4H3. The molecule has 4 rings (SSSR count). The smallest absolute Gasteiger partial charge is 0.270 e. The van der Waals surface area contributed by atoms with E-state index >= 15 is 0 Å². The molecule has 0 aliphatic heterocycles. The van der Waals surface area contributed by atoms with Gasteiger partial charge in [-0.2, -0.15) is 5.26 Å². The molecule has 2 aromatic carbocycles. The molecule has 6 nitrogen and oxygen atoms in total. The Balaban J connectivity index is 2.01. The number of nitrogens with zero attached hydrogens (tertiary/aromatic N) is 3. The molecular weight excluding hydrogens is 490 g/mol. The summed E-state index contributed by atoms with van der Waals surface area (Å²) in [5.74, 6) is 0.704. The van der Waals surface area contributed by atoms with Crippen molar-refractivity contribution < 1.29 is 13.2 Å². The van der Waals surface area contributed by atoms with E-state index < -0.39 is 10.0 Å². The van der Waals surface area contributed by atoms with Crippen LogP contribution in [-0.2, 0) is 10.0 Å². The van der Waals surface area contributed by atoms with E-state index in [-0.39, 0.29) is 10.5 Å². The van der Waals surface area contributed by atoms with Crippen LogP contribution in [0.3, 0.4) is 0 Å². The summed E-state index contributed by atoms with van der Waals surface area (Å²) < 4.78 is 33.6. The van der Waals surface area contributed by atoms with Gasteiger partial charge in [0.1, 0.15) is 16.4 Å². The average Bonchev–Trinajstić information content (AvgIpc) is 3.10. The third-order valence-electron chi connectivity index (χ3n) is 5.53. The number of hydrogen-bond acceptors (Lipinski definition) is 5. The lowest BCUT2D eigenvalue weighted by Gasteiger charge is -2.15. The fourth-order valence-electron chi connectivity index (χ4n) is 3.91. The predicted molar refractivity (Wildman–Crippen MR) is 127 cm³/mol. The molecule has 8 heteroatoms. The molecule has 2 aromatic heterocycles. The molecule has 0 spiro atoms. The highest BCUT2D eigenvalue weighted by Gasteiger charge is 2.26. The molecule has 0 aliphatic rings. The van der Waals surface area contributed by atoms with Crippen molar-refractivity contribution in [1.29, 1.82) is 5.26 Å². The van der Waals surface area contributed by atoms with Gasteiger partial charge in [0.05, 0.1) is 17.6 Å². The van der Waals surface area contributed by atoms with E-state index in [1.165, 1.54) is 0 Å². The van der Waals surface area contributed by atoms with E-state index in [1.807, 2.05) is 32.9 Å². The van der Waals surface area contributed by atoms with Gasteiger partial charge >= 0.3 is 0 Å². The van der Waals surface area contributed by atoms with Gasteiger partial charge in [-0.25, -0.2) is 17.4 Å². The van der Waals surface area contributed by atoms with Gasteiger partial charge < -0.3 is 4.74 Å². The van der Waals surface area contributed by atoms with Gasteiger partial charge in [0.2, 0.25) is 0 Å². The maximum atomic E-state index is 13.4. The Hall–Kier alpha value is -3.15. The number of benzene rings is 2. The summed E-state index contributed by atoms with van der Waals surface area (Å²) in [7, 11) is -2.32. The Labute approximate surface area is 195 Å². The van der Waals surface area contributed by atoms with Crippen LogP contribution in [0.25, 0.3) is 22.2 Å².